The van der Waals surface area contributed by atoms with Gasteiger partial charge < -0.3 is 38.3 Å². The molecule has 0 heterocycles. The van der Waals surface area contributed by atoms with E-state index < -0.39 is 42.1 Å². The number of benzene rings is 3. The zero-order valence-corrected chi connectivity index (χ0v) is 25.7. The molecular formula is C33H42N8O5. The lowest BCUT2D eigenvalue weighted by Gasteiger charge is -2.26. The average Bonchev–Trinajstić information content (AvgIpc) is 3.02. The van der Waals surface area contributed by atoms with E-state index in [1.54, 1.807) is 72.8 Å². The molecule has 13 nitrogen and oxygen atoms in total. The highest BCUT2D eigenvalue weighted by molar-refractivity contribution is 6.09. The molecule has 244 valence electrons. The lowest BCUT2D eigenvalue weighted by Crippen LogP contribution is -2.57. The van der Waals surface area contributed by atoms with Gasteiger partial charge in [0.2, 0.25) is 17.7 Å². The summed E-state index contributed by atoms with van der Waals surface area (Å²) in [6.45, 7) is 1.73. The highest BCUT2D eigenvalue weighted by atomic mass is 16.3. The van der Waals surface area contributed by atoms with E-state index in [0.717, 1.165) is 5.56 Å². The van der Waals surface area contributed by atoms with Gasteiger partial charge in [0.25, 0.3) is 0 Å². The molecule has 13 heteroatoms. The first kappa shape index (κ1) is 35.2. The second-order valence-corrected chi connectivity index (χ2v) is 10.9. The summed E-state index contributed by atoms with van der Waals surface area (Å²) in [7, 11) is 0. The molecule has 0 spiro atoms. The molecule has 3 rings (SSSR count). The van der Waals surface area contributed by atoms with Crippen molar-refractivity contribution in [3.63, 3.8) is 0 Å². The van der Waals surface area contributed by atoms with E-state index in [0.29, 0.717) is 28.8 Å². The van der Waals surface area contributed by atoms with Crippen LogP contribution in [0, 0.1) is 5.41 Å². The molecule has 0 aliphatic rings. The van der Waals surface area contributed by atoms with Gasteiger partial charge in [-0.3, -0.25) is 29.9 Å². The number of amides is 3. The van der Waals surface area contributed by atoms with Crippen LogP contribution in [0.5, 0.6) is 0 Å². The zero-order valence-electron chi connectivity index (χ0n) is 25.7. The van der Waals surface area contributed by atoms with Crippen LogP contribution in [0.4, 0.5) is 5.69 Å². The number of carbonyl (C=O) groups excluding carboxylic acids is 4. The number of rotatable bonds is 17. The number of hydrogen-bond donors (Lipinski definition) is 9. The van der Waals surface area contributed by atoms with E-state index in [1.165, 1.54) is 6.92 Å². The molecule has 0 fully saturated rings. The van der Waals surface area contributed by atoms with E-state index in [4.69, 9.17) is 22.6 Å². The summed E-state index contributed by atoms with van der Waals surface area (Å²) in [5.74, 6) is -2.33. The first-order chi connectivity index (χ1) is 21.9. The number of nitrogens with one attached hydrogen (secondary N) is 5. The van der Waals surface area contributed by atoms with E-state index in [1.807, 2.05) is 6.07 Å². The number of nitrogens with two attached hydrogens (primary N) is 3. The lowest BCUT2D eigenvalue weighted by molar-refractivity contribution is -0.132. The van der Waals surface area contributed by atoms with Crippen molar-refractivity contribution in [2.24, 2.45) is 11.5 Å². The number of ketones is 1. The maximum atomic E-state index is 13.5. The van der Waals surface area contributed by atoms with Crippen molar-refractivity contribution in [1.29, 1.82) is 5.41 Å². The number of guanidine groups is 1. The van der Waals surface area contributed by atoms with Gasteiger partial charge in [-0.1, -0.05) is 66.7 Å². The molecule has 12 N–H and O–H groups in total. The summed E-state index contributed by atoms with van der Waals surface area (Å²) in [5, 5.41) is 28.3. The molecule has 0 saturated heterocycles. The summed E-state index contributed by atoms with van der Waals surface area (Å²) in [5.41, 5.74) is 19.7. The topological polar surface area (TPSA) is 239 Å². The predicted molar refractivity (Wildman–Crippen MR) is 175 cm³/mol. The normalized spacial score (nSPS) is 13.4. The Hall–Kier alpha value is -5.27. The molecule has 0 bridgehead atoms. The summed E-state index contributed by atoms with van der Waals surface area (Å²) in [6.07, 6.45) is -0.313. The maximum Gasteiger partial charge on any atom is 0.243 e. The molecule has 0 radical (unpaired) electrons. The largest absolute Gasteiger partial charge is 0.399 e. The number of primary amides is 1. The predicted octanol–water partition coefficient (Wildman–Crippen LogP) is 0.300. The Labute approximate surface area is 267 Å². The van der Waals surface area contributed by atoms with Crippen molar-refractivity contribution >= 4 is 35.2 Å². The maximum absolute atomic E-state index is 13.5. The van der Waals surface area contributed by atoms with E-state index in [-0.39, 0.29) is 37.6 Å². The molecule has 0 aliphatic carbocycles. The highest BCUT2D eigenvalue weighted by Gasteiger charge is 2.29. The van der Waals surface area contributed by atoms with Gasteiger partial charge in [0.1, 0.15) is 18.3 Å². The molecule has 3 amide bonds. The van der Waals surface area contributed by atoms with Gasteiger partial charge in [-0.05, 0) is 49.4 Å². The van der Waals surface area contributed by atoms with Crippen LogP contribution in [-0.4, -0.2) is 65.5 Å². The van der Waals surface area contributed by atoms with Gasteiger partial charge in [-0.25, -0.2) is 0 Å². The minimum atomic E-state index is -1.08. The SMILES string of the molecule is CC(O)NC(Cc1ccc(C(=O)c2ccccc2)cc1)C(=O)NC(CCCNC(=N)N)C(=O)NC(Cc1ccc(N)cc1)C(N)=O. The molecular weight excluding hydrogens is 588 g/mol. The Morgan fingerprint density at radius 1 is 0.761 bits per heavy atom. The number of hydrogen-bond acceptors (Lipinski definition) is 8. The fourth-order valence-corrected chi connectivity index (χ4v) is 4.76. The lowest BCUT2D eigenvalue weighted by atomic mass is 9.99. The first-order valence-corrected chi connectivity index (χ1v) is 14.9. The second kappa shape index (κ2) is 17.3. The van der Waals surface area contributed by atoms with Crippen LogP contribution in [0.3, 0.4) is 0 Å². The minimum absolute atomic E-state index is 0.114. The summed E-state index contributed by atoms with van der Waals surface area (Å²) >= 11 is 0. The molecule has 0 saturated carbocycles. The molecule has 46 heavy (non-hydrogen) atoms. The number of nitrogen functional groups attached to an aromatic ring is 1. The minimum Gasteiger partial charge on any atom is -0.399 e. The average molecular weight is 631 g/mol. The molecule has 0 aromatic heterocycles. The third kappa shape index (κ3) is 11.3. The first-order valence-electron chi connectivity index (χ1n) is 14.9. The highest BCUT2D eigenvalue weighted by Crippen LogP contribution is 2.14. The van der Waals surface area contributed by atoms with Crippen LogP contribution in [0.25, 0.3) is 0 Å². The van der Waals surface area contributed by atoms with Gasteiger partial charge in [0, 0.05) is 29.8 Å². The van der Waals surface area contributed by atoms with Crippen molar-refractivity contribution in [1.82, 2.24) is 21.3 Å². The Morgan fingerprint density at radius 2 is 1.28 bits per heavy atom. The smallest absolute Gasteiger partial charge is 0.243 e. The fraction of sp³-hybridized carbons (Fsp3) is 0.303. The quantitative estimate of drug-likeness (QED) is 0.0249. The van der Waals surface area contributed by atoms with Crippen LogP contribution in [0.15, 0.2) is 78.9 Å². The van der Waals surface area contributed by atoms with Gasteiger partial charge in [0.15, 0.2) is 11.7 Å². The number of carbonyl (C=O) groups is 4. The van der Waals surface area contributed by atoms with Crippen LogP contribution in [0.1, 0.15) is 46.8 Å². The van der Waals surface area contributed by atoms with Crippen LogP contribution in [-0.2, 0) is 27.2 Å². The van der Waals surface area contributed by atoms with Crippen LogP contribution in [0.2, 0.25) is 0 Å². The van der Waals surface area contributed by atoms with E-state index in [2.05, 4.69) is 21.3 Å². The standard InChI is InChI=1S/C33H42N8O5/c1-20(42)39-28(19-21-9-13-24(14-10-21)29(43)23-6-3-2-4-7-23)32(46)40-26(8-5-17-38-33(36)37)31(45)41-27(30(35)44)18-22-11-15-25(34)16-12-22/h2-4,6-7,9-16,20,26-28,39,42H,5,8,17-19,34H2,1H3,(H2,35,44)(H,40,46)(H,41,45)(H4,36,37,38). The van der Waals surface area contributed by atoms with Gasteiger partial charge in [-0.15, -0.1) is 0 Å². The molecule has 4 atom stereocenters. The van der Waals surface area contributed by atoms with Crippen LogP contribution >= 0.6 is 0 Å². The third-order valence-electron chi connectivity index (χ3n) is 7.15. The monoisotopic (exact) mass is 630 g/mol. The van der Waals surface area contributed by atoms with Crippen molar-refractivity contribution in [2.45, 2.75) is 57.0 Å². The molecule has 3 aromatic rings. The molecule has 0 aliphatic heterocycles. The van der Waals surface area contributed by atoms with Gasteiger partial charge in [0.05, 0.1) is 6.04 Å². The van der Waals surface area contributed by atoms with Crippen LogP contribution < -0.4 is 38.5 Å². The fourth-order valence-electron chi connectivity index (χ4n) is 4.76. The summed E-state index contributed by atoms with van der Waals surface area (Å²) in [6, 6.07) is 19.4. The van der Waals surface area contributed by atoms with Crippen molar-refractivity contribution in [3.8, 4) is 0 Å². The van der Waals surface area contributed by atoms with Crippen molar-refractivity contribution < 1.29 is 24.3 Å². The number of aliphatic hydroxyl groups is 1. The van der Waals surface area contributed by atoms with Gasteiger partial charge >= 0.3 is 0 Å². The Kier molecular flexibility index (Phi) is 13.2. The Morgan fingerprint density at radius 3 is 1.85 bits per heavy atom. The van der Waals surface area contributed by atoms with E-state index >= 15 is 0 Å². The Balaban J connectivity index is 1.74. The summed E-state index contributed by atoms with van der Waals surface area (Å²) < 4.78 is 0. The van der Waals surface area contributed by atoms with E-state index in [9.17, 15) is 24.3 Å². The van der Waals surface area contributed by atoms with Crippen molar-refractivity contribution in [2.75, 3.05) is 12.3 Å². The molecule has 4 unspecified atom stereocenters. The number of aliphatic hydroxyl groups excluding tert-OH is 1. The summed E-state index contributed by atoms with van der Waals surface area (Å²) in [4.78, 5) is 52.0. The van der Waals surface area contributed by atoms with Gasteiger partial charge in [-0.2, -0.15) is 0 Å². The number of anilines is 1. The second-order valence-electron chi connectivity index (χ2n) is 10.9. The third-order valence-corrected chi connectivity index (χ3v) is 7.15. The Bertz CT molecular complexity index is 1480. The van der Waals surface area contributed by atoms with Crippen molar-refractivity contribution in [3.05, 3.63) is 101 Å². The zero-order chi connectivity index (χ0) is 33.6. The molecule has 3 aromatic carbocycles.